The van der Waals surface area contributed by atoms with Crippen molar-refractivity contribution in [2.75, 3.05) is 6.61 Å². The highest BCUT2D eigenvalue weighted by Gasteiger charge is 2.20. The minimum absolute atomic E-state index is 0.00324. The molecule has 2 heteroatoms. The Labute approximate surface area is 129 Å². The smallest absolute Gasteiger partial charge is 0.157 e. The van der Waals surface area contributed by atoms with Crippen molar-refractivity contribution in [2.45, 2.75) is 64.3 Å². The Morgan fingerprint density at radius 1 is 1.38 bits per heavy atom. The van der Waals surface area contributed by atoms with Gasteiger partial charge in [-0.15, -0.1) is 0 Å². The topological polar surface area (TPSA) is 18.5 Å². The van der Waals surface area contributed by atoms with E-state index in [-0.39, 0.29) is 12.4 Å². The first-order chi connectivity index (χ1) is 10.3. The molecular weight excluding hydrogens is 260 g/mol. The lowest BCUT2D eigenvalue weighted by atomic mass is 9.98. The van der Waals surface area contributed by atoms with Crippen LogP contribution < -0.4 is 0 Å². The molecule has 1 saturated heterocycles. The highest BCUT2D eigenvalue weighted by molar-refractivity contribution is 5.51. The van der Waals surface area contributed by atoms with Crippen molar-refractivity contribution in [1.82, 2.24) is 0 Å². The van der Waals surface area contributed by atoms with E-state index in [2.05, 4.69) is 37.8 Å². The van der Waals surface area contributed by atoms with Gasteiger partial charge in [-0.25, -0.2) is 0 Å². The van der Waals surface area contributed by atoms with Crippen LogP contribution in [0.5, 0.6) is 0 Å². The monoisotopic (exact) mass is 288 g/mol. The summed E-state index contributed by atoms with van der Waals surface area (Å²) in [7, 11) is 0. The molecular formula is C19H28O2. The van der Waals surface area contributed by atoms with Gasteiger partial charge in [0.05, 0.1) is 6.10 Å². The Kier molecular flexibility index (Phi) is 6.98. The Balaban J connectivity index is 1.98. The number of rotatable bonds is 8. The molecule has 2 unspecified atom stereocenters. The average molecular weight is 288 g/mol. The zero-order chi connectivity index (χ0) is 14.9. The van der Waals surface area contributed by atoms with E-state index in [0.717, 1.165) is 25.9 Å². The lowest BCUT2D eigenvalue weighted by Gasteiger charge is -2.28. The van der Waals surface area contributed by atoms with E-state index in [1.54, 1.807) is 0 Å². The molecule has 1 aromatic carbocycles. The quantitative estimate of drug-likeness (QED) is 0.672. The number of unbranched alkanes of at least 4 members (excludes halogenated alkanes) is 1. The summed E-state index contributed by atoms with van der Waals surface area (Å²) < 4.78 is 12.0. The molecule has 0 aromatic heterocycles. The second-order valence-electron chi connectivity index (χ2n) is 5.80. The molecule has 1 heterocycles. The Hall–Kier alpha value is -1.12. The third-order valence-electron chi connectivity index (χ3n) is 4.08. The second-order valence-corrected chi connectivity index (χ2v) is 5.80. The van der Waals surface area contributed by atoms with E-state index in [9.17, 15) is 0 Å². The summed E-state index contributed by atoms with van der Waals surface area (Å²) in [4.78, 5) is 0. The van der Waals surface area contributed by atoms with Crippen LogP contribution in [-0.2, 0) is 15.9 Å². The number of benzene rings is 1. The largest absolute Gasteiger partial charge is 0.353 e. The maximum atomic E-state index is 6.24. The van der Waals surface area contributed by atoms with E-state index < -0.39 is 0 Å². The molecule has 0 amide bonds. The normalized spacial score (nSPS) is 20.1. The number of ether oxygens (including phenoxy) is 2. The van der Waals surface area contributed by atoms with Gasteiger partial charge < -0.3 is 9.47 Å². The van der Waals surface area contributed by atoms with Crippen LogP contribution in [0, 0.1) is 0 Å². The van der Waals surface area contributed by atoms with Gasteiger partial charge in [-0.3, -0.25) is 0 Å². The van der Waals surface area contributed by atoms with Gasteiger partial charge in [0, 0.05) is 6.61 Å². The molecule has 0 radical (unpaired) electrons. The third-order valence-corrected chi connectivity index (χ3v) is 4.08. The highest BCUT2D eigenvalue weighted by atomic mass is 16.7. The van der Waals surface area contributed by atoms with E-state index in [1.807, 2.05) is 6.08 Å². The number of hydrogen-bond donors (Lipinski definition) is 0. The summed E-state index contributed by atoms with van der Waals surface area (Å²) >= 11 is 0. The van der Waals surface area contributed by atoms with E-state index in [4.69, 9.17) is 9.47 Å². The Bertz CT molecular complexity index is 421. The first-order valence-corrected chi connectivity index (χ1v) is 8.31. The van der Waals surface area contributed by atoms with E-state index in [0.29, 0.717) is 0 Å². The van der Waals surface area contributed by atoms with Gasteiger partial charge in [-0.1, -0.05) is 56.7 Å². The number of hydrogen-bond acceptors (Lipinski definition) is 2. The highest BCUT2D eigenvalue weighted by Crippen LogP contribution is 2.22. The molecule has 116 valence electrons. The molecule has 0 N–H and O–H groups in total. The van der Waals surface area contributed by atoms with E-state index >= 15 is 0 Å². The van der Waals surface area contributed by atoms with Crippen molar-refractivity contribution in [3.63, 3.8) is 0 Å². The zero-order valence-corrected chi connectivity index (χ0v) is 13.2. The molecule has 2 atom stereocenters. The summed E-state index contributed by atoms with van der Waals surface area (Å²) in [5.74, 6) is 0. The van der Waals surface area contributed by atoms with Crippen molar-refractivity contribution >= 4 is 6.08 Å². The molecule has 1 aliphatic heterocycles. The fourth-order valence-electron chi connectivity index (χ4n) is 2.85. The van der Waals surface area contributed by atoms with Crippen LogP contribution in [0.4, 0.5) is 0 Å². The molecule has 0 spiro atoms. The standard InChI is InChI=1S/C19H28O2/c1-3-5-12-18(21-19-13-8-9-14-20-19)15-17-11-7-6-10-16(17)4-2/h4,6-7,10-11,18-19H,2-3,5,8-9,12-15H2,1H3. The van der Waals surface area contributed by atoms with Crippen LogP contribution in [0.1, 0.15) is 56.6 Å². The Morgan fingerprint density at radius 2 is 2.24 bits per heavy atom. The lowest BCUT2D eigenvalue weighted by molar-refractivity contribution is -0.189. The van der Waals surface area contributed by atoms with Gasteiger partial charge in [-0.2, -0.15) is 0 Å². The SMILES string of the molecule is C=Cc1ccccc1CC(CCCC)OC1CCCCO1. The van der Waals surface area contributed by atoms with Crippen LogP contribution >= 0.6 is 0 Å². The van der Waals surface area contributed by atoms with Gasteiger partial charge in [0.25, 0.3) is 0 Å². The van der Waals surface area contributed by atoms with Crippen LogP contribution in [-0.4, -0.2) is 19.0 Å². The van der Waals surface area contributed by atoms with Gasteiger partial charge in [0.15, 0.2) is 6.29 Å². The molecule has 1 aromatic rings. The van der Waals surface area contributed by atoms with Crippen molar-refractivity contribution < 1.29 is 9.47 Å². The van der Waals surface area contributed by atoms with Gasteiger partial charge >= 0.3 is 0 Å². The van der Waals surface area contributed by atoms with Crippen LogP contribution in [0.15, 0.2) is 30.8 Å². The minimum atomic E-state index is -0.00324. The van der Waals surface area contributed by atoms with Gasteiger partial charge in [-0.05, 0) is 43.2 Å². The molecule has 0 bridgehead atoms. The average Bonchev–Trinajstić information content (AvgIpc) is 2.54. The van der Waals surface area contributed by atoms with Crippen molar-refractivity contribution in [3.8, 4) is 0 Å². The third kappa shape index (κ3) is 5.29. The summed E-state index contributed by atoms with van der Waals surface area (Å²) in [6.45, 7) is 6.98. The molecule has 0 aliphatic carbocycles. The molecule has 0 saturated carbocycles. The summed E-state index contributed by atoms with van der Waals surface area (Å²) in [6, 6.07) is 8.46. The fraction of sp³-hybridized carbons (Fsp3) is 0.579. The lowest BCUT2D eigenvalue weighted by Crippen LogP contribution is -2.29. The molecule has 21 heavy (non-hydrogen) atoms. The van der Waals surface area contributed by atoms with Gasteiger partial charge in [0.1, 0.15) is 0 Å². The predicted octanol–water partition coefficient (Wildman–Crippen LogP) is 4.97. The Morgan fingerprint density at radius 3 is 2.95 bits per heavy atom. The second kappa shape index (κ2) is 9.01. The summed E-state index contributed by atoms with van der Waals surface area (Å²) in [6.07, 6.45) is 10.0. The van der Waals surface area contributed by atoms with Crippen molar-refractivity contribution in [2.24, 2.45) is 0 Å². The molecule has 2 rings (SSSR count). The molecule has 1 fully saturated rings. The van der Waals surface area contributed by atoms with Crippen LogP contribution in [0.25, 0.3) is 6.08 Å². The van der Waals surface area contributed by atoms with Crippen LogP contribution in [0.2, 0.25) is 0 Å². The first kappa shape index (κ1) is 16.3. The van der Waals surface area contributed by atoms with E-state index in [1.165, 1.54) is 36.8 Å². The first-order valence-electron chi connectivity index (χ1n) is 8.31. The maximum absolute atomic E-state index is 6.24. The minimum Gasteiger partial charge on any atom is -0.353 e. The van der Waals surface area contributed by atoms with Gasteiger partial charge in [0.2, 0.25) is 0 Å². The van der Waals surface area contributed by atoms with Crippen LogP contribution in [0.3, 0.4) is 0 Å². The molecule has 2 nitrogen and oxygen atoms in total. The molecule has 1 aliphatic rings. The maximum Gasteiger partial charge on any atom is 0.157 e. The van der Waals surface area contributed by atoms with Crippen molar-refractivity contribution in [3.05, 3.63) is 42.0 Å². The summed E-state index contributed by atoms with van der Waals surface area (Å²) in [5, 5.41) is 0. The predicted molar refractivity (Wildman–Crippen MR) is 88.2 cm³/mol. The zero-order valence-electron chi connectivity index (χ0n) is 13.2. The fourth-order valence-corrected chi connectivity index (χ4v) is 2.85. The van der Waals surface area contributed by atoms with Crippen molar-refractivity contribution in [1.29, 1.82) is 0 Å². The summed E-state index contributed by atoms with van der Waals surface area (Å²) in [5.41, 5.74) is 2.54.